The highest BCUT2D eigenvalue weighted by Gasteiger charge is 2.10. The summed E-state index contributed by atoms with van der Waals surface area (Å²) in [4.78, 5) is 29.1. The number of thiazole rings is 1. The lowest BCUT2D eigenvalue weighted by Gasteiger charge is -2.07. The molecule has 128 valence electrons. The van der Waals surface area contributed by atoms with Crippen molar-refractivity contribution < 1.29 is 9.59 Å². The molecule has 4 rings (SSSR count). The summed E-state index contributed by atoms with van der Waals surface area (Å²) in [5, 5.41) is 4.79. The van der Waals surface area contributed by atoms with Gasteiger partial charge in [0.05, 0.1) is 5.69 Å². The normalized spacial score (nSPS) is 10.8. The number of primary amides is 1. The van der Waals surface area contributed by atoms with Gasteiger partial charge in [-0.05, 0) is 30.3 Å². The van der Waals surface area contributed by atoms with Gasteiger partial charge in [-0.1, -0.05) is 18.2 Å². The monoisotopic (exact) mass is 362 g/mol. The number of carbonyl (C=O) groups is 2. The Balaban J connectivity index is 1.52. The molecule has 0 spiro atoms. The SMILES string of the molecule is NC(=O)c1cccc(C(=O)Nc2ccc(-c3cn4ccsc4n3)cc2)c1. The van der Waals surface area contributed by atoms with Gasteiger partial charge >= 0.3 is 0 Å². The van der Waals surface area contributed by atoms with Crippen LogP contribution in [0.3, 0.4) is 0 Å². The van der Waals surface area contributed by atoms with E-state index in [1.807, 2.05) is 46.4 Å². The first-order valence-electron chi connectivity index (χ1n) is 7.84. The van der Waals surface area contributed by atoms with Gasteiger partial charge in [0.25, 0.3) is 5.91 Å². The van der Waals surface area contributed by atoms with Gasteiger partial charge in [-0.2, -0.15) is 0 Å². The van der Waals surface area contributed by atoms with Crippen LogP contribution in [0.5, 0.6) is 0 Å². The Kier molecular flexibility index (Phi) is 3.98. The minimum absolute atomic E-state index is 0.299. The van der Waals surface area contributed by atoms with Crippen LogP contribution in [0, 0.1) is 0 Å². The molecule has 0 aliphatic heterocycles. The van der Waals surface area contributed by atoms with Crippen molar-refractivity contribution in [3.8, 4) is 11.3 Å². The molecule has 2 aromatic heterocycles. The molecule has 6 nitrogen and oxygen atoms in total. The Labute approximate surface area is 152 Å². The van der Waals surface area contributed by atoms with Gasteiger partial charge < -0.3 is 11.1 Å². The third-order valence-corrected chi connectivity index (χ3v) is 4.71. The number of nitrogens with two attached hydrogens (primary N) is 1. The molecule has 0 saturated heterocycles. The van der Waals surface area contributed by atoms with E-state index >= 15 is 0 Å². The van der Waals surface area contributed by atoms with Crippen molar-refractivity contribution in [2.24, 2.45) is 5.73 Å². The highest BCUT2D eigenvalue weighted by Crippen LogP contribution is 2.23. The van der Waals surface area contributed by atoms with Crippen LogP contribution in [0.1, 0.15) is 20.7 Å². The number of fused-ring (bicyclic) bond motifs is 1. The highest BCUT2D eigenvalue weighted by molar-refractivity contribution is 7.15. The maximum Gasteiger partial charge on any atom is 0.255 e. The number of amides is 2. The van der Waals surface area contributed by atoms with Crippen molar-refractivity contribution in [3.63, 3.8) is 0 Å². The second kappa shape index (κ2) is 6.45. The van der Waals surface area contributed by atoms with E-state index in [4.69, 9.17) is 5.73 Å². The van der Waals surface area contributed by atoms with Crippen LogP contribution in [0.15, 0.2) is 66.3 Å². The second-order valence-corrected chi connectivity index (χ2v) is 6.57. The molecule has 0 unspecified atom stereocenters. The Bertz CT molecular complexity index is 1080. The molecule has 0 bridgehead atoms. The summed E-state index contributed by atoms with van der Waals surface area (Å²) in [6.07, 6.45) is 3.93. The van der Waals surface area contributed by atoms with Crippen molar-refractivity contribution in [1.29, 1.82) is 0 Å². The lowest BCUT2D eigenvalue weighted by Crippen LogP contribution is -2.15. The minimum Gasteiger partial charge on any atom is -0.366 e. The van der Waals surface area contributed by atoms with Gasteiger partial charge in [0.15, 0.2) is 4.96 Å². The minimum atomic E-state index is -0.566. The zero-order chi connectivity index (χ0) is 18.1. The molecule has 2 aromatic carbocycles. The maximum absolute atomic E-state index is 12.3. The Morgan fingerprint density at radius 2 is 1.85 bits per heavy atom. The Hall–Kier alpha value is -3.45. The van der Waals surface area contributed by atoms with E-state index in [1.54, 1.807) is 29.5 Å². The first kappa shape index (κ1) is 16.0. The number of anilines is 1. The number of benzene rings is 2. The van der Waals surface area contributed by atoms with Gasteiger partial charge in [0.2, 0.25) is 5.91 Å². The van der Waals surface area contributed by atoms with E-state index in [-0.39, 0.29) is 5.91 Å². The van der Waals surface area contributed by atoms with Crippen molar-refractivity contribution >= 4 is 33.8 Å². The molecule has 2 amide bonds. The number of aromatic nitrogens is 2. The summed E-state index contributed by atoms with van der Waals surface area (Å²) in [6, 6.07) is 13.8. The van der Waals surface area contributed by atoms with E-state index in [1.165, 1.54) is 6.07 Å². The van der Waals surface area contributed by atoms with Crippen LogP contribution in [-0.2, 0) is 0 Å². The van der Waals surface area contributed by atoms with E-state index in [9.17, 15) is 9.59 Å². The maximum atomic E-state index is 12.3. The number of nitrogens with zero attached hydrogens (tertiary/aromatic N) is 2. The number of imidazole rings is 1. The van der Waals surface area contributed by atoms with Crippen LogP contribution in [0.4, 0.5) is 5.69 Å². The average Bonchev–Trinajstić information content (AvgIpc) is 3.24. The largest absolute Gasteiger partial charge is 0.366 e. The van der Waals surface area contributed by atoms with Gasteiger partial charge in [0.1, 0.15) is 0 Å². The van der Waals surface area contributed by atoms with E-state index in [2.05, 4.69) is 10.3 Å². The van der Waals surface area contributed by atoms with Gasteiger partial charge in [-0.3, -0.25) is 14.0 Å². The summed E-state index contributed by atoms with van der Waals surface area (Å²) in [7, 11) is 0. The first-order chi connectivity index (χ1) is 12.6. The standard InChI is InChI=1S/C19H14N4O2S/c20-17(24)13-2-1-3-14(10-13)18(25)21-15-6-4-12(5-7-15)16-11-23-8-9-26-19(23)22-16/h1-11H,(H2,20,24)(H,21,25). The predicted molar refractivity (Wildman–Crippen MR) is 101 cm³/mol. The fourth-order valence-electron chi connectivity index (χ4n) is 2.61. The molecular weight excluding hydrogens is 348 g/mol. The Morgan fingerprint density at radius 3 is 2.58 bits per heavy atom. The summed E-state index contributed by atoms with van der Waals surface area (Å²) in [6.45, 7) is 0. The van der Waals surface area contributed by atoms with Crippen LogP contribution in [0.25, 0.3) is 16.2 Å². The third kappa shape index (κ3) is 3.07. The molecular formula is C19H14N4O2S. The number of rotatable bonds is 4. The molecule has 4 aromatic rings. The zero-order valence-corrected chi connectivity index (χ0v) is 14.4. The highest BCUT2D eigenvalue weighted by atomic mass is 32.1. The predicted octanol–water partition coefficient (Wildman–Crippen LogP) is 3.41. The average molecular weight is 362 g/mol. The van der Waals surface area contributed by atoms with Crippen molar-refractivity contribution in [2.45, 2.75) is 0 Å². The third-order valence-electron chi connectivity index (χ3n) is 3.94. The molecule has 3 N–H and O–H groups in total. The Morgan fingerprint density at radius 1 is 1.08 bits per heavy atom. The van der Waals surface area contributed by atoms with Crippen LogP contribution >= 0.6 is 11.3 Å². The molecule has 0 radical (unpaired) electrons. The fraction of sp³-hybridized carbons (Fsp3) is 0. The van der Waals surface area contributed by atoms with Crippen LogP contribution < -0.4 is 11.1 Å². The molecule has 0 aliphatic rings. The first-order valence-corrected chi connectivity index (χ1v) is 8.72. The molecule has 0 saturated carbocycles. The second-order valence-electron chi connectivity index (χ2n) is 5.70. The molecule has 7 heteroatoms. The quantitative estimate of drug-likeness (QED) is 0.583. The molecule has 2 heterocycles. The fourth-order valence-corrected chi connectivity index (χ4v) is 3.31. The van der Waals surface area contributed by atoms with Crippen molar-refractivity contribution in [2.75, 3.05) is 5.32 Å². The lowest BCUT2D eigenvalue weighted by atomic mass is 10.1. The topological polar surface area (TPSA) is 89.5 Å². The summed E-state index contributed by atoms with van der Waals surface area (Å²) in [5.74, 6) is -0.868. The number of hydrogen-bond acceptors (Lipinski definition) is 4. The molecule has 0 fully saturated rings. The zero-order valence-electron chi connectivity index (χ0n) is 13.5. The number of carbonyl (C=O) groups excluding carboxylic acids is 2. The lowest BCUT2D eigenvalue weighted by molar-refractivity contribution is 0.1000. The smallest absolute Gasteiger partial charge is 0.255 e. The molecule has 0 aliphatic carbocycles. The van der Waals surface area contributed by atoms with Gasteiger partial charge in [-0.25, -0.2) is 4.98 Å². The van der Waals surface area contributed by atoms with Crippen LogP contribution in [-0.4, -0.2) is 21.2 Å². The van der Waals surface area contributed by atoms with Crippen LogP contribution in [0.2, 0.25) is 0 Å². The van der Waals surface area contributed by atoms with Gasteiger partial charge in [-0.15, -0.1) is 11.3 Å². The van der Waals surface area contributed by atoms with E-state index in [0.29, 0.717) is 16.8 Å². The van der Waals surface area contributed by atoms with Crippen molar-refractivity contribution in [3.05, 3.63) is 77.4 Å². The number of hydrogen-bond donors (Lipinski definition) is 2. The molecule has 26 heavy (non-hydrogen) atoms. The van der Waals surface area contributed by atoms with Gasteiger partial charge in [0, 0.05) is 40.2 Å². The summed E-state index contributed by atoms with van der Waals surface area (Å²) >= 11 is 1.58. The summed E-state index contributed by atoms with van der Waals surface area (Å²) in [5.41, 5.74) is 8.43. The van der Waals surface area contributed by atoms with E-state index in [0.717, 1.165) is 16.2 Å². The summed E-state index contributed by atoms with van der Waals surface area (Å²) < 4.78 is 1.97. The van der Waals surface area contributed by atoms with Crippen molar-refractivity contribution in [1.82, 2.24) is 9.38 Å². The number of nitrogens with one attached hydrogen (secondary N) is 1. The van der Waals surface area contributed by atoms with E-state index < -0.39 is 5.91 Å². The molecule has 0 atom stereocenters.